The Morgan fingerprint density at radius 3 is 2.40 bits per heavy atom. The summed E-state index contributed by atoms with van der Waals surface area (Å²) in [5.74, 6) is 3.96. The highest BCUT2D eigenvalue weighted by Gasteiger charge is 2.35. The van der Waals surface area contributed by atoms with Crippen LogP contribution in [-0.4, -0.2) is 53.6 Å². The molecule has 2 N–H and O–H groups in total. The molecule has 0 amide bonds. The summed E-state index contributed by atoms with van der Waals surface area (Å²) in [5.41, 5.74) is 4.83. The van der Waals surface area contributed by atoms with Crippen LogP contribution < -0.4 is 10.0 Å². The van der Waals surface area contributed by atoms with Crippen molar-refractivity contribution in [2.75, 3.05) is 12.9 Å². The molecule has 1 aromatic rings. The Hall–Kier alpha value is -1.17. The molecule has 0 bridgehead atoms. The monoisotopic (exact) mass is 448 g/mol. The number of nitrogens with one attached hydrogen (secondary N) is 2. The van der Waals surface area contributed by atoms with E-state index in [4.69, 9.17) is 4.74 Å². The second kappa shape index (κ2) is 9.97. The van der Waals surface area contributed by atoms with Crippen LogP contribution in [0.15, 0.2) is 30.3 Å². The van der Waals surface area contributed by atoms with E-state index in [1.54, 1.807) is 0 Å². The third-order valence-corrected chi connectivity index (χ3v) is 7.46. The Kier molecular flexibility index (Phi) is 7.80. The summed E-state index contributed by atoms with van der Waals surface area (Å²) < 4.78 is 32.7. The van der Waals surface area contributed by atoms with Gasteiger partial charge >= 0.3 is 0 Å². The summed E-state index contributed by atoms with van der Waals surface area (Å²) >= 11 is 0. The lowest BCUT2D eigenvalue weighted by molar-refractivity contribution is 0.0124. The Bertz CT molecular complexity index is 850. The van der Waals surface area contributed by atoms with Crippen LogP contribution >= 0.6 is 0 Å². The summed E-state index contributed by atoms with van der Waals surface area (Å²) in [4.78, 5) is 0. The molecule has 3 atom stereocenters. The summed E-state index contributed by atoms with van der Waals surface area (Å²) in [6.45, 7) is 7.16. The molecular weight excluding hydrogens is 412 g/mol. The quantitative estimate of drug-likeness (QED) is 0.518. The normalized spacial score (nSPS) is 29.9. The molecule has 0 radical (unpaired) electrons. The van der Waals surface area contributed by atoms with Gasteiger partial charge < -0.3 is 4.74 Å². The van der Waals surface area contributed by atoms with Gasteiger partial charge in [-0.15, -0.1) is 5.54 Å². The highest BCUT2D eigenvalue weighted by atomic mass is 32.2. The molecule has 0 spiro atoms. The van der Waals surface area contributed by atoms with Gasteiger partial charge in [0, 0.05) is 12.1 Å². The van der Waals surface area contributed by atoms with Crippen molar-refractivity contribution in [1.82, 2.24) is 10.0 Å². The van der Waals surface area contributed by atoms with E-state index in [1.165, 1.54) is 11.8 Å². The molecule has 2 aliphatic rings. The number of ether oxygens (including phenoxy) is 1. The molecule has 5 nitrogen and oxygen atoms in total. The summed E-state index contributed by atoms with van der Waals surface area (Å²) in [6.07, 6.45) is 6.53. The van der Waals surface area contributed by atoms with E-state index in [0.717, 1.165) is 25.7 Å². The zero-order chi connectivity index (χ0) is 21.8. The smallest absolute Gasteiger partial charge is 0.209 e. The SMILES string of the molecule is C[Si](C)(C)C#CC1C[C@H](NS(C)(=O)=O)[C@H](COC2CCC(c3ccccc3)CC2)N1. The average molecular weight is 449 g/mol. The van der Waals surface area contributed by atoms with E-state index in [2.05, 4.69) is 71.5 Å². The molecule has 1 saturated carbocycles. The van der Waals surface area contributed by atoms with E-state index < -0.39 is 18.1 Å². The van der Waals surface area contributed by atoms with Gasteiger partial charge in [-0.25, -0.2) is 13.1 Å². The highest BCUT2D eigenvalue weighted by Crippen LogP contribution is 2.34. The van der Waals surface area contributed by atoms with E-state index >= 15 is 0 Å². The van der Waals surface area contributed by atoms with Crippen molar-refractivity contribution in [3.8, 4) is 11.5 Å². The van der Waals surface area contributed by atoms with Crippen LogP contribution in [0.5, 0.6) is 0 Å². The summed E-state index contributed by atoms with van der Waals surface area (Å²) in [5, 5.41) is 3.51. The molecule has 7 heteroatoms. The maximum atomic E-state index is 11.8. The van der Waals surface area contributed by atoms with Crippen LogP contribution in [0, 0.1) is 11.5 Å². The van der Waals surface area contributed by atoms with Gasteiger partial charge in [0.1, 0.15) is 8.07 Å². The molecular formula is C23H36N2O3SSi. The lowest BCUT2D eigenvalue weighted by Gasteiger charge is -2.30. The van der Waals surface area contributed by atoms with Gasteiger partial charge in [0.15, 0.2) is 0 Å². The second-order valence-corrected chi connectivity index (χ2v) is 16.3. The van der Waals surface area contributed by atoms with E-state index in [1.807, 2.05) is 0 Å². The topological polar surface area (TPSA) is 67.4 Å². The van der Waals surface area contributed by atoms with E-state index in [9.17, 15) is 8.42 Å². The first-order valence-electron chi connectivity index (χ1n) is 11.0. The second-order valence-electron chi connectivity index (χ2n) is 9.79. The molecule has 0 aromatic heterocycles. The van der Waals surface area contributed by atoms with Crippen LogP contribution in [0.4, 0.5) is 0 Å². The van der Waals surface area contributed by atoms with Crippen molar-refractivity contribution in [1.29, 1.82) is 0 Å². The number of hydrogen-bond donors (Lipinski definition) is 2. The molecule has 1 heterocycles. The number of hydrogen-bond acceptors (Lipinski definition) is 4. The minimum absolute atomic E-state index is 0.0124. The highest BCUT2D eigenvalue weighted by molar-refractivity contribution is 7.88. The van der Waals surface area contributed by atoms with Crippen LogP contribution in [0.25, 0.3) is 0 Å². The van der Waals surface area contributed by atoms with Crippen molar-refractivity contribution in [3.05, 3.63) is 35.9 Å². The Labute approximate surface area is 183 Å². The summed E-state index contributed by atoms with van der Waals surface area (Å²) in [7, 11) is -4.74. The molecule has 1 aromatic carbocycles. The number of sulfonamides is 1. The molecule has 2 fully saturated rings. The molecule has 3 rings (SSSR count). The Morgan fingerprint density at radius 2 is 1.80 bits per heavy atom. The van der Waals surface area contributed by atoms with Crippen molar-refractivity contribution >= 4 is 18.1 Å². The minimum atomic E-state index is -3.27. The first-order chi connectivity index (χ1) is 14.1. The van der Waals surface area contributed by atoms with Gasteiger partial charge in [0.05, 0.1) is 25.0 Å². The number of rotatable bonds is 6. The zero-order valence-electron chi connectivity index (χ0n) is 18.6. The standard InChI is InChI=1S/C23H36N2O3SSi/c1-29(26,27)25-22-16-20(14-15-30(2,3)4)24-23(22)17-28-21-12-10-19(11-13-21)18-8-6-5-7-9-18/h5-9,19-25H,10-13,16-17H2,1-4H3/t19?,20?,21?,22-,23-/m0/s1. The van der Waals surface area contributed by atoms with Gasteiger partial charge in [-0.3, -0.25) is 5.32 Å². The van der Waals surface area contributed by atoms with Crippen molar-refractivity contribution < 1.29 is 13.2 Å². The molecule has 1 aliphatic heterocycles. The zero-order valence-corrected chi connectivity index (χ0v) is 20.5. The van der Waals surface area contributed by atoms with Crippen molar-refractivity contribution in [3.63, 3.8) is 0 Å². The molecule has 30 heavy (non-hydrogen) atoms. The Balaban J connectivity index is 1.53. The van der Waals surface area contributed by atoms with E-state index in [-0.39, 0.29) is 24.2 Å². The number of benzene rings is 1. The minimum Gasteiger partial charge on any atom is -0.377 e. The Morgan fingerprint density at radius 1 is 1.13 bits per heavy atom. The first-order valence-corrected chi connectivity index (χ1v) is 16.4. The molecule has 166 valence electrons. The first kappa shape index (κ1) is 23.5. The van der Waals surface area contributed by atoms with E-state index in [0.29, 0.717) is 18.9 Å². The van der Waals surface area contributed by atoms with Gasteiger partial charge in [-0.1, -0.05) is 55.9 Å². The average Bonchev–Trinajstić information content (AvgIpc) is 3.05. The predicted octanol–water partition coefficient (Wildman–Crippen LogP) is 3.26. The fraction of sp³-hybridized carbons (Fsp3) is 0.652. The fourth-order valence-corrected chi connectivity index (χ4v) is 5.78. The van der Waals surface area contributed by atoms with Crippen LogP contribution in [0.2, 0.25) is 19.6 Å². The molecule has 1 saturated heterocycles. The summed E-state index contributed by atoms with van der Waals surface area (Å²) in [6, 6.07) is 10.5. The third-order valence-electron chi connectivity index (χ3n) is 5.83. The lowest BCUT2D eigenvalue weighted by Crippen LogP contribution is -2.46. The largest absolute Gasteiger partial charge is 0.377 e. The van der Waals surface area contributed by atoms with Crippen molar-refractivity contribution in [2.24, 2.45) is 0 Å². The fourth-order valence-electron chi connectivity index (χ4n) is 4.36. The van der Waals surface area contributed by atoms with Gasteiger partial charge in [-0.05, 0) is 43.6 Å². The predicted molar refractivity (Wildman–Crippen MR) is 126 cm³/mol. The van der Waals surface area contributed by atoms with Crippen LogP contribution in [-0.2, 0) is 14.8 Å². The van der Waals surface area contributed by atoms with Crippen molar-refractivity contribution in [2.45, 2.75) is 81.9 Å². The van der Waals surface area contributed by atoms with Gasteiger partial charge in [-0.2, -0.15) is 0 Å². The maximum absolute atomic E-state index is 11.8. The van der Waals surface area contributed by atoms with Gasteiger partial charge in [0.2, 0.25) is 10.0 Å². The molecule has 1 unspecified atom stereocenters. The van der Waals surface area contributed by atoms with Crippen LogP contribution in [0.3, 0.4) is 0 Å². The maximum Gasteiger partial charge on any atom is 0.209 e. The van der Waals surface area contributed by atoms with Gasteiger partial charge in [0.25, 0.3) is 0 Å². The lowest BCUT2D eigenvalue weighted by atomic mass is 9.83. The third kappa shape index (κ3) is 7.51. The van der Waals surface area contributed by atoms with Crippen LogP contribution in [0.1, 0.15) is 43.6 Å². The molecule has 1 aliphatic carbocycles.